The summed E-state index contributed by atoms with van der Waals surface area (Å²) in [5, 5.41) is 3.11. The van der Waals surface area contributed by atoms with Crippen LogP contribution in [0, 0.1) is 0 Å². The molecule has 1 aliphatic heterocycles. The van der Waals surface area contributed by atoms with Crippen LogP contribution in [0.5, 0.6) is 0 Å². The Balaban J connectivity index is 0.000000315. The molecule has 0 aliphatic carbocycles. The molecule has 98 valence electrons. The van der Waals surface area contributed by atoms with Crippen LogP contribution in [0.1, 0.15) is 27.7 Å². The maximum Gasteiger partial charge on any atom is 0.484 e. The van der Waals surface area contributed by atoms with E-state index in [9.17, 15) is 0 Å². The van der Waals surface area contributed by atoms with Crippen LogP contribution >= 0.6 is 0 Å². The Morgan fingerprint density at radius 2 is 1.56 bits per heavy atom. The van der Waals surface area contributed by atoms with Gasteiger partial charge in [0.1, 0.15) is 0 Å². The minimum Gasteiger partial charge on any atom is -0.376 e. The van der Waals surface area contributed by atoms with Crippen molar-refractivity contribution in [3.63, 3.8) is 0 Å². The predicted molar refractivity (Wildman–Crippen MR) is 67.5 cm³/mol. The molecule has 1 heterocycles. The zero-order valence-corrected chi connectivity index (χ0v) is 12.0. The van der Waals surface area contributed by atoms with Crippen LogP contribution in [-0.4, -0.2) is 48.0 Å². The van der Waals surface area contributed by atoms with Gasteiger partial charge in [0.15, 0.2) is 0 Å². The van der Waals surface area contributed by atoms with Crippen molar-refractivity contribution in [2.24, 2.45) is 5.73 Å². The van der Waals surface area contributed by atoms with E-state index in [4.69, 9.17) is 19.0 Å². The molecule has 0 aromatic heterocycles. The van der Waals surface area contributed by atoms with E-state index in [1.54, 1.807) is 0 Å². The fourth-order valence-corrected chi connectivity index (χ4v) is 2.10. The predicted octanol–water partition coefficient (Wildman–Crippen LogP) is 0.119. The van der Waals surface area contributed by atoms with E-state index in [1.165, 1.54) is 0 Å². The summed E-state index contributed by atoms with van der Waals surface area (Å²) in [5.74, 6) is 0. The zero-order valence-electron chi connectivity index (χ0n) is 10.9. The van der Waals surface area contributed by atoms with E-state index in [0.29, 0.717) is 31.9 Å². The molecule has 5 nitrogen and oxygen atoms in total. The molecular weight excluding hydrogens is 224 g/mol. The highest BCUT2D eigenvalue weighted by molar-refractivity contribution is 6.36. The summed E-state index contributed by atoms with van der Waals surface area (Å²) >= 11 is 0. The molecule has 0 amide bonds. The number of rotatable bonds is 7. The molecule has 0 aromatic rings. The highest BCUT2D eigenvalue weighted by Crippen LogP contribution is 1.98. The average Bonchev–Trinajstić information content (AvgIpc) is 3.03. The monoisotopic (exact) mass is 250 g/mol. The van der Waals surface area contributed by atoms with Crippen LogP contribution in [-0.2, 0) is 13.3 Å². The Labute approximate surface area is 101 Å². The smallest absolute Gasteiger partial charge is 0.376 e. The Bertz CT molecular complexity index is 143. The Morgan fingerprint density at radius 3 is 1.69 bits per heavy atom. The van der Waals surface area contributed by atoms with Crippen molar-refractivity contribution in [2.75, 3.05) is 26.4 Å². The largest absolute Gasteiger partial charge is 0.484 e. The van der Waals surface area contributed by atoms with Gasteiger partial charge >= 0.3 is 9.53 Å². The lowest BCUT2D eigenvalue weighted by Gasteiger charge is -2.12. The number of nitrogens with two attached hydrogens (primary N) is 1. The minimum absolute atomic E-state index is 0.352. The van der Waals surface area contributed by atoms with E-state index in [2.05, 4.69) is 5.32 Å². The van der Waals surface area contributed by atoms with Gasteiger partial charge in [-0.1, -0.05) is 0 Å². The van der Waals surface area contributed by atoms with Gasteiger partial charge in [0.05, 0.1) is 0 Å². The second kappa shape index (κ2) is 10.2. The van der Waals surface area contributed by atoms with Gasteiger partial charge in [0.2, 0.25) is 0 Å². The fourth-order valence-electron chi connectivity index (χ4n) is 0.992. The molecule has 2 atom stereocenters. The first kappa shape index (κ1) is 16.0. The normalized spacial score (nSPS) is 20.2. The van der Waals surface area contributed by atoms with Crippen molar-refractivity contribution >= 4 is 9.53 Å². The summed E-state index contributed by atoms with van der Waals surface area (Å²) in [6.07, 6.45) is 0. The lowest BCUT2D eigenvalue weighted by Crippen LogP contribution is -2.27. The quantitative estimate of drug-likeness (QED) is 0.496. The lowest BCUT2D eigenvalue weighted by molar-refractivity contribution is 0.107. The van der Waals surface area contributed by atoms with Gasteiger partial charge in [-0.15, -0.1) is 0 Å². The van der Waals surface area contributed by atoms with E-state index < -0.39 is 9.53 Å². The van der Waals surface area contributed by atoms with Crippen molar-refractivity contribution in [1.82, 2.24) is 5.32 Å². The average molecular weight is 250 g/mol. The molecule has 1 saturated heterocycles. The first-order valence-corrected chi connectivity index (χ1v) is 7.40. The molecule has 6 heteroatoms. The summed E-state index contributed by atoms with van der Waals surface area (Å²) in [5.41, 5.74) is 5.44. The minimum atomic E-state index is -1.73. The van der Waals surface area contributed by atoms with E-state index in [0.717, 1.165) is 6.54 Å². The zero-order chi connectivity index (χ0) is 12.4. The van der Waals surface area contributed by atoms with Crippen LogP contribution in [0.3, 0.4) is 0 Å². The Kier molecular flexibility index (Phi) is 10.2. The number of hydrogen-bond donors (Lipinski definition) is 2. The van der Waals surface area contributed by atoms with E-state index >= 15 is 0 Å². The molecule has 0 aromatic carbocycles. The molecule has 16 heavy (non-hydrogen) atoms. The first-order valence-electron chi connectivity index (χ1n) is 5.99. The van der Waals surface area contributed by atoms with E-state index in [1.807, 2.05) is 27.7 Å². The maximum atomic E-state index is 5.44. The molecule has 1 aliphatic rings. The van der Waals surface area contributed by atoms with Crippen molar-refractivity contribution in [1.29, 1.82) is 0 Å². The molecule has 3 N–H and O–H groups in total. The van der Waals surface area contributed by atoms with Gasteiger partial charge in [-0.2, -0.15) is 0 Å². The standard InChI is InChI=1S/C6H16O3Si.C4H10N2/c1-4-7-10(8-5-2)9-6-3;1-3(5)4-2-6-4/h10H,4-6H2,1-3H3;3-4,6H,2,5H2,1H3. The molecule has 0 spiro atoms. The molecule has 2 unspecified atom stereocenters. The SMILES string of the molecule is CC(N)C1CN1.CCO[SiH](OCC)OCC. The summed E-state index contributed by atoms with van der Waals surface area (Å²) in [6, 6.07) is 0.981. The van der Waals surface area contributed by atoms with Gasteiger partial charge < -0.3 is 24.3 Å². The molecule has 1 fully saturated rings. The van der Waals surface area contributed by atoms with Gasteiger partial charge in [-0.3, -0.25) is 0 Å². The Morgan fingerprint density at radius 1 is 1.19 bits per heavy atom. The third kappa shape index (κ3) is 9.26. The second-order valence-corrected chi connectivity index (χ2v) is 5.11. The molecule has 0 radical (unpaired) electrons. The van der Waals surface area contributed by atoms with Crippen LogP contribution in [0.2, 0.25) is 0 Å². The van der Waals surface area contributed by atoms with Gasteiger partial charge in [-0.25, -0.2) is 0 Å². The molecule has 0 saturated carbocycles. The third-order valence-corrected chi connectivity index (χ3v) is 3.80. The molecular formula is C10H26N2O3Si. The molecule has 1 rings (SSSR count). The van der Waals surface area contributed by atoms with Gasteiger partial charge in [-0.05, 0) is 27.7 Å². The van der Waals surface area contributed by atoms with Crippen LogP contribution in [0.25, 0.3) is 0 Å². The van der Waals surface area contributed by atoms with Crippen molar-refractivity contribution in [3.05, 3.63) is 0 Å². The van der Waals surface area contributed by atoms with Crippen LogP contribution < -0.4 is 11.1 Å². The van der Waals surface area contributed by atoms with Gasteiger partial charge in [0, 0.05) is 38.4 Å². The van der Waals surface area contributed by atoms with Crippen molar-refractivity contribution < 1.29 is 13.3 Å². The summed E-state index contributed by atoms with van der Waals surface area (Å²) < 4.78 is 15.7. The second-order valence-electron chi connectivity index (χ2n) is 3.53. The Hall–Kier alpha value is 0.0169. The lowest BCUT2D eigenvalue weighted by atomic mass is 10.3. The maximum absolute atomic E-state index is 5.44. The topological polar surface area (TPSA) is 75.7 Å². The summed E-state index contributed by atoms with van der Waals surface area (Å²) in [7, 11) is -1.73. The first-order chi connectivity index (χ1) is 7.65. The highest BCUT2D eigenvalue weighted by atomic mass is 28.3. The fraction of sp³-hybridized carbons (Fsp3) is 1.00. The highest BCUT2D eigenvalue weighted by Gasteiger charge is 2.23. The van der Waals surface area contributed by atoms with Crippen LogP contribution in [0.15, 0.2) is 0 Å². The summed E-state index contributed by atoms with van der Waals surface area (Å²) in [4.78, 5) is 0. The third-order valence-electron chi connectivity index (χ3n) is 1.98. The van der Waals surface area contributed by atoms with Gasteiger partial charge in [0.25, 0.3) is 0 Å². The van der Waals surface area contributed by atoms with Crippen LogP contribution in [0.4, 0.5) is 0 Å². The van der Waals surface area contributed by atoms with Crippen molar-refractivity contribution in [3.8, 4) is 0 Å². The van der Waals surface area contributed by atoms with Crippen molar-refractivity contribution in [2.45, 2.75) is 39.8 Å². The summed E-state index contributed by atoms with van der Waals surface area (Å²) in [6.45, 7) is 11.0. The van der Waals surface area contributed by atoms with E-state index in [-0.39, 0.29) is 0 Å². The number of hydrogen-bond acceptors (Lipinski definition) is 5. The number of nitrogens with one attached hydrogen (secondary N) is 1. The molecule has 0 bridgehead atoms.